The zero-order chi connectivity index (χ0) is 10.9. The Kier molecular flexibility index (Phi) is 3.01. The van der Waals surface area contributed by atoms with Gasteiger partial charge in [-0.2, -0.15) is 0 Å². The molecular weight excluding hydrogens is 188 g/mol. The predicted octanol–water partition coefficient (Wildman–Crippen LogP) is 1.43. The van der Waals surface area contributed by atoms with Gasteiger partial charge in [0, 0.05) is 6.04 Å². The van der Waals surface area contributed by atoms with Gasteiger partial charge in [-0.3, -0.25) is 4.79 Å². The van der Waals surface area contributed by atoms with Crippen molar-refractivity contribution < 1.29 is 4.79 Å². The fourth-order valence-electron chi connectivity index (χ4n) is 2.81. The highest BCUT2D eigenvalue weighted by Crippen LogP contribution is 2.28. The van der Waals surface area contributed by atoms with Crippen LogP contribution < -0.4 is 10.6 Å². The van der Waals surface area contributed by atoms with Crippen LogP contribution in [0.4, 0.5) is 0 Å². The molecule has 0 bridgehead atoms. The van der Waals surface area contributed by atoms with Gasteiger partial charge in [0.1, 0.15) is 0 Å². The van der Waals surface area contributed by atoms with Gasteiger partial charge in [0.05, 0.1) is 5.54 Å². The SMILES string of the molecule is CCC1(C(=O)NC2CC(C)C2)CCCN1. The van der Waals surface area contributed by atoms with Crippen LogP contribution in [-0.4, -0.2) is 24.0 Å². The molecule has 0 spiro atoms. The molecule has 2 aliphatic rings. The van der Waals surface area contributed by atoms with Gasteiger partial charge in [0.25, 0.3) is 0 Å². The van der Waals surface area contributed by atoms with E-state index in [2.05, 4.69) is 24.5 Å². The summed E-state index contributed by atoms with van der Waals surface area (Å²) in [6, 6.07) is 0.443. The summed E-state index contributed by atoms with van der Waals surface area (Å²) in [5.41, 5.74) is -0.251. The lowest BCUT2D eigenvalue weighted by Gasteiger charge is -2.36. The molecule has 1 heterocycles. The zero-order valence-electron chi connectivity index (χ0n) is 9.81. The minimum Gasteiger partial charge on any atom is -0.352 e. The topological polar surface area (TPSA) is 41.1 Å². The van der Waals surface area contributed by atoms with E-state index in [1.807, 2.05) is 0 Å². The van der Waals surface area contributed by atoms with E-state index in [9.17, 15) is 4.79 Å². The van der Waals surface area contributed by atoms with Gasteiger partial charge in [-0.25, -0.2) is 0 Å². The third kappa shape index (κ3) is 2.03. The lowest BCUT2D eigenvalue weighted by molar-refractivity contribution is -0.128. The maximum atomic E-state index is 12.1. The Morgan fingerprint density at radius 1 is 1.53 bits per heavy atom. The van der Waals surface area contributed by atoms with E-state index in [0.29, 0.717) is 6.04 Å². The van der Waals surface area contributed by atoms with Gasteiger partial charge in [-0.15, -0.1) is 0 Å². The summed E-state index contributed by atoms with van der Waals surface area (Å²) in [5.74, 6) is 1.03. The van der Waals surface area contributed by atoms with E-state index >= 15 is 0 Å². The molecule has 1 saturated heterocycles. The Hall–Kier alpha value is -0.570. The van der Waals surface area contributed by atoms with E-state index < -0.39 is 0 Å². The summed E-state index contributed by atoms with van der Waals surface area (Å²) < 4.78 is 0. The molecular formula is C12H22N2O. The minimum atomic E-state index is -0.251. The molecule has 0 aromatic heterocycles. The third-order valence-corrected chi connectivity index (χ3v) is 3.99. The van der Waals surface area contributed by atoms with Crippen LogP contribution in [0.25, 0.3) is 0 Å². The third-order valence-electron chi connectivity index (χ3n) is 3.99. The van der Waals surface area contributed by atoms with Gasteiger partial charge < -0.3 is 10.6 Å². The van der Waals surface area contributed by atoms with Crippen molar-refractivity contribution in [2.24, 2.45) is 5.92 Å². The Labute approximate surface area is 92.0 Å². The number of hydrogen-bond donors (Lipinski definition) is 2. The van der Waals surface area contributed by atoms with Crippen LogP contribution in [-0.2, 0) is 4.79 Å². The number of carbonyl (C=O) groups is 1. The maximum Gasteiger partial charge on any atom is 0.240 e. The van der Waals surface area contributed by atoms with Crippen LogP contribution in [0.2, 0.25) is 0 Å². The van der Waals surface area contributed by atoms with Crippen molar-refractivity contribution in [2.45, 2.75) is 57.5 Å². The van der Waals surface area contributed by atoms with Gasteiger partial charge >= 0.3 is 0 Å². The van der Waals surface area contributed by atoms with Crippen LogP contribution >= 0.6 is 0 Å². The smallest absolute Gasteiger partial charge is 0.240 e. The van der Waals surface area contributed by atoms with E-state index in [-0.39, 0.29) is 11.4 Å². The van der Waals surface area contributed by atoms with Crippen molar-refractivity contribution in [3.05, 3.63) is 0 Å². The first-order chi connectivity index (χ1) is 7.16. The molecule has 1 amide bonds. The minimum absolute atomic E-state index is 0.236. The van der Waals surface area contributed by atoms with Crippen molar-refractivity contribution in [1.82, 2.24) is 10.6 Å². The number of rotatable bonds is 3. The quantitative estimate of drug-likeness (QED) is 0.740. The maximum absolute atomic E-state index is 12.1. The highest BCUT2D eigenvalue weighted by molar-refractivity contribution is 5.87. The molecule has 0 aromatic rings. The Bertz CT molecular complexity index is 240. The first kappa shape index (κ1) is 10.9. The van der Waals surface area contributed by atoms with Crippen molar-refractivity contribution in [1.29, 1.82) is 0 Å². The normalized spacial score (nSPS) is 39.9. The summed E-state index contributed by atoms with van der Waals surface area (Å²) >= 11 is 0. The fourth-order valence-corrected chi connectivity index (χ4v) is 2.81. The van der Waals surface area contributed by atoms with E-state index in [0.717, 1.165) is 44.6 Å². The first-order valence-electron chi connectivity index (χ1n) is 6.22. The average Bonchev–Trinajstić information content (AvgIpc) is 2.64. The van der Waals surface area contributed by atoms with E-state index in [4.69, 9.17) is 0 Å². The fraction of sp³-hybridized carbons (Fsp3) is 0.917. The highest BCUT2D eigenvalue weighted by Gasteiger charge is 2.40. The number of carbonyl (C=O) groups excluding carboxylic acids is 1. The van der Waals surface area contributed by atoms with Crippen molar-refractivity contribution in [2.75, 3.05) is 6.54 Å². The molecule has 1 saturated carbocycles. The van der Waals surface area contributed by atoms with Crippen molar-refractivity contribution in [3.8, 4) is 0 Å². The molecule has 0 aromatic carbocycles. The Balaban J connectivity index is 1.88. The molecule has 2 rings (SSSR count). The summed E-state index contributed by atoms with van der Waals surface area (Å²) in [6.45, 7) is 5.33. The summed E-state index contributed by atoms with van der Waals surface area (Å²) in [4.78, 5) is 12.1. The van der Waals surface area contributed by atoms with Gasteiger partial charge in [0.15, 0.2) is 0 Å². The number of hydrogen-bond acceptors (Lipinski definition) is 2. The first-order valence-corrected chi connectivity index (χ1v) is 6.22. The molecule has 0 radical (unpaired) electrons. The van der Waals surface area contributed by atoms with Gasteiger partial charge in [0.2, 0.25) is 5.91 Å². The molecule has 2 fully saturated rings. The van der Waals surface area contributed by atoms with Crippen LogP contribution in [0.1, 0.15) is 46.0 Å². The largest absolute Gasteiger partial charge is 0.352 e. The monoisotopic (exact) mass is 210 g/mol. The van der Waals surface area contributed by atoms with E-state index in [1.54, 1.807) is 0 Å². The number of amides is 1. The Morgan fingerprint density at radius 3 is 2.73 bits per heavy atom. The standard InChI is InChI=1S/C12H22N2O/c1-3-12(5-4-6-13-12)11(15)14-10-7-9(2)8-10/h9-10,13H,3-8H2,1-2H3,(H,14,15). The molecule has 1 aliphatic carbocycles. The molecule has 3 nitrogen and oxygen atoms in total. The molecule has 86 valence electrons. The Morgan fingerprint density at radius 2 is 2.27 bits per heavy atom. The second kappa shape index (κ2) is 4.12. The van der Waals surface area contributed by atoms with Crippen LogP contribution in [0.3, 0.4) is 0 Å². The summed E-state index contributed by atoms with van der Waals surface area (Å²) in [6.07, 6.45) is 5.35. The predicted molar refractivity (Wildman–Crippen MR) is 60.6 cm³/mol. The second-order valence-electron chi connectivity index (χ2n) is 5.21. The molecule has 1 unspecified atom stereocenters. The van der Waals surface area contributed by atoms with E-state index in [1.165, 1.54) is 0 Å². The van der Waals surface area contributed by atoms with Crippen LogP contribution in [0, 0.1) is 5.92 Å². The molecule has 2 N–H and O–H groups in total. The average molecular weight is 210 g/mol. The van der Waals surface area contributed by atoms with Gasteiger partial charge in [-0.1, -0.05) is 13.8 Å². The zero-order valence-corrected chi connectivity index (χ0v) is 9.81. The molecule has 1 atom stereocenters. The van der Waals surface area contributed by atoms with Crippen LogP contribution in [0.5, 0.6) is 0 Å². The highest BCUT2D eigenvalue weighted by atomic mass is 16.2. The molecule has 1 aliphatic heterocycles. The molecule has 15 heavy (non-hydrogen) atoms. The van der Waals surface area contributed by atoms with Crippen molar-refractivity contribution >= 4 is 5.91 Å². The molecule has 3 heteroatoms. The van der Waals surface area contributed by atoms with Gasteiger partial charge in [-0.05, 0) is 44.6 Å². The summed E-state index contributed by atoms with van der Waals surface area (Å²) in [7, 11) is 0. The second-order valence-corrected chi connectivity index (χ2v) is 5.21. The van der Waals surface area contributed by atoms with Crippen LogP contribution in [0.15, 0.2) is 0 Å². The lowest BCUT2D eigenvalue weighted by Crippen LogP contribution is -2.57. The lowest BCUT2D eigenvalue weighted by atomic mass is 9.81. The number of nitrogens with one attached hydrogen (secondary N) is 2. The summed E-state index contributed by atoms with van der Waals surface area (Å²) in [5, 5.41) is 6.55. The van der Waals surface area contributed by atoms with Crippen molar-refractivity contribution in [3.63, 3.8) is 0 Å².